The zero-order valence-corrected chi connectivity index (χ0v) is 11.7. The van der Waals surface area contributed by atoms with Crippen LogP contribution in [0.4, 0.5) is 0 Å². The maximum absolute atomic E-state index is 12.2. The predicted molar refractivity (Wildman–Crippen MR) is 77.6 cm³/mol. The number of hydrogen-bond acceptors (Lipinski definition) is 4. The number of nitrogens with two attached hydrogens (primary N) is 1. The zero-order valence-electron chi connectivity index (χ0n) is 11.7. The van der Waals surface area contributed by atoms with Crippen LogP contribution in [0.25, 0.3) is 0 Å². The van der Waals surface area contributed by atoms with Gasteiger partial charge in [-0.25, -0.2) is 5.84 Å². The molecule has 1 saturated carbocycles. The molecule has 0 heterocycles. The van der Waals surface area contributed by atoms with Crippen molar-refractivity contribution in [1.29, 1.82) is 0 Å². The number of nitrogens with one attached hydrogen (secondary N) is 1. The molecule has 0 aromatic heterocycles. The lowest BCUT2D eigenvalue weighted by atomic mass is 10.0. The second-order valence-corrected chi connectivity index (χ2v) is 5.22. The van der Waals surface area contributed by atoms with E-state index in [0.29, 0.717) is 12.6 Å². The van der Waals surface area contributed by atoms with Crippen LogP contribution in [0, 0.1) is 0 Å². The Labute approximate surface area is 119 Å². The van der Waals surface area contributed by atoms with Gasteiger partial charge in [0.2, 0.25) is 0 Å². The molecule has 0 spiro atoms. The molecule has 0 bridgehead atoms. The Morgan fingerprint density at radius 1 is 1.35 bits per heavy atom. The SMILES string of the molecule is NNC(=O)C(c1ccccc1)N(CCO)C1CCCC1. The molecular weight excluding hydrogens is 254 g/mol. The van der Waals surface area contributed by atoms with Gasteiger partial charge in [0, 0.05) is 12.6 Å². The van der Waals surface area contributed by atoms with Gasteiger partial charge in [-0.05, 0) is 18.4 Å². The average molecular weight is 277 g/mol. The molecule has 5 nitrogen and oxygen atoms in total. The standard InChI is InChI=1S/C15H23N3O2/c16-17-15(20)14(12-6-2-1-3-7-12)18(10-11-19)13-8-4-5-9-13/h1-3,6-7,13-14,19H,4-5,8-11,16H2,(H,17,20). The number of rotatable bonds is 6. The van der Waals surface area contributed by atoms with Gasteiger partial charge in [-0.2, -0.15) is 0 Å². The van der Waals surface area contributed by atoms with Crippen molar-refractivity contribution >= 4 is 5.91 Å². The highest BCUT2D eigenvalue weighted by Crippen LogP contribution is 2.31. The number of carbonyl (C=O) groups excluding carboxylic acids is 1. The van der Waals surface area contributed by atoms with Crippen LogP contribution in [-0.2, 0) is 4.79 Å². The van der Waals surface area contributed by atoms with Gasteiger partial charge in [0.15, 0.2) is 0 Å². The molecule has 0 radical (unpaired) electrons. The fourth-order valence-electron chi connectivity index (χ4n) is 3.08. The van der Waals surface area contributed by atoms with E-state index >= 15 is 0 Å². The molecule has 0 aliphatic heterocycles. The number of aliphatic hydroxyl groups excluding tert-OH is 1. The Morgan fingerprint density at radius 2 is 2.00 bits per heavy atom. The van der Waals surface area contributed by atoms with Gasteiger partial charge in [0.25, 0.3) is 5.91 Å². The number of carbonyl (C=O) groups is 1. The molecule has 2 rings (SSSR count). The molecule has 20 heavy (non-hydrogen) atoms. The fraction of sp³-hybridized carbons (Fsp3) is 0.533. The minimum Gasteiger partial charge on any atom is -0.395 e. The highest BCUT2D eigenvalue weighted by Gasteiger charge is 2.33. The van der Waals surface area contributed by atoms with Crippen LogP contribution in [0.3, 0.4) is 0 Å². The minimum absolute atomic E-state index is 0.0394. The Kier molecular flexibility index (Phi) is 5.52. The Bertz CT molecular complexity index is 418. The first-order chi connectivity index (χ1) is 9.77. The number of amides is 1. The first-order valence-electron chi connectivity index (χ1n) is 7.20. The lowest BCUT2D eigenvalue weighted by molar-refractivity contribution is -0.128. The summed E-state index contributed by atoms with van der Waals surface area (Å²) in [6, 6.07) is 9.52. The van der Waals surface area contributed by atoms with Gasteiger partial charge in [-0.1, -0.05) is 43.2 Å². The highest BCUT2D eigenvalue weighted by molar-refractivity contribution is 5.82. The normalized spacial score (nSPS) is 17.4. The van der Waals surface area contributed by atoms with E-state index in [0.717, 1.165) is 18.4 Å². The molecule has 1 aliphatic carbocycles. The van der Waals surface area contributed by atoms with Crippen LogP contribution in [0.1, 0.15) is 37.3 Å². The summed E-state index contributed by atoms with van der Waals surface area (Å²) in [4.78, 5) is 14.3. The number of benzene rings is 1. The van der Waals surface area contributed by atoms with Crippen molar-refractivity contribution in [3.8, 4) is 0 Å². The van der Waals surface area contributed by atoms with Crippen LogP contribution in [0.15, 0.2) is 30.3 Å². The summed E-state index contributed by atoms with van der Waals surface area (Å²) in [5.74, 6) is 5.13. The van der Waals surface area contributed by atoms with Crippen LogP contribution in [-0.4, -0.2) is 35.1 Å². The molecular formula is C15H23N3O2. The van der Waals surface area contributed by atoms with Crippen LogP contribution in [0.2, 0.25) is 0 Å². The average Bonchev–Trinajstić information content (AvgIpc) is 3.01. The van der Waals surface area contributed by atoms with Gasteiger partial charge in [-0.3, -0.25) is 15.1 Å². The molecule has 5 heteroatoms. The number of hydrazine groups is 1. The van der Waals surface area contributed by atoms with E-state index in [1.54, 1.807) is 0 Å². The van der Waals surface area contributed by atoms with Crippen molar-refractivity contribution in [2.45, 2.75) is 37.8 Å². The summed E-state index contributed by atoms with van der Waals surface area (Å²) in [5.41, 5.74) is 3.18. The second-order valence-electron chi connectivity index (χ2n) is 5.22. The molecule has 1 aromatic rings. The highest BCUT2D eigenvalue weighted by atomic mass is 16.3. The smallest absolute Gasteiger partial charge is 0.255 e. The molecule has 1 amide bonds. The van der Waals surface area contributed by atoms with E-state index < -0.39 is 6.04 Å². The molecule has 110 valence electrons. The Hall–Kier alpha value is -1.43. The van der Waals surface area contributed by atoms with Crippen LogP contribution >= 0.6 is 0 Å². The third kappa shape index (κ3) is 3.36. The first-order valence-corrected chi connectivity index (χ1v) is 7.20. The van der Waals surface area contributed by atoms with Crippen LogP contribution in [0.5, 0.6) is 0 Å². The van der Waals surface area contributed by atoms with Crippen molar-refractivity contribution in [2.24, 2.45) is 5.84 Å². The van der Waals surface area contributed by atoms with E-state index in [1.165, 1.54) is 12.8 Å². The number of aliphatic hydroxyl groups is 1. The van der Waals surface area contributed by atoms with Crippen molar-refractivity contribution in [2.75, 3.05) is 13.2 Å². The number of hydrogen-bond donors (Lipinski definition) is 3. The molecule has 4 N–H and O–H groups in total. The van der Waals surface area contributed by atoms with Gasteiger partial charge < -0.3 is 5.11 Å². The lowest BCUT2D eigenvalue weighted by Gasteiger charge is -2.35. The summed E-state index contributed by atoms with van der Waals surface area (Å²) < 4.78 is 0. The summed E-state index contributed by atoms with van der Waals surface area (Å²) >= 11 is 0. The van der Waals surface area contributed by atoms with Gasteiger partial charge in [-0.15, -0.1) is 0 Å². The minimum atomic E-state index is -0.434. The monoisotopic (exact) mass is 277 g/mol. The maximum atomic E-state index is 12.2. The van der Waals surface area contributed by atoms with Crippen molar-refractivity contribution in [1.82, 2.24) is 10.3 Å². The van der Waals surface area contributed by atoms with E-state index in [4.69, 9.17) is 5.84 Å². The predicted octanol–water partition coefficient (Wildman–Crippen LogP) is 0.954. The second kappa shape index (κ2) is 7.38. The van der Waals surface area contributed by atoms with Crippen molar-refractivity contribution in [3.05, 3.63) is 35.9 Å². The zero-order chi connectivity index (χ0) is 14.4. The van der Waals surface area contributed by atoms with Gasteiger partial charge in [0.05, 0.1) is 6.61 Å². The topological polar surface area (TPSA) is 78.6 Å². The Balaban J connectivity index is 2.29. The maximum Gasteiger partial charge on any atom is 0.255 e. The summed E-state index contributed by atoms with van der Waals surface area (Å²) in [6.45, 7) is 0.523. The van der Waals surface area contributed by atoms with Crippen molar-refractivity contribution < 1.29 is 9.90 Å². The first kappa shape index (κ1) is 15.0. The quantitative estimate of drug-likeness (QED) is 0.411. The third-order valence-corrected chi connectivity index (χ3v) is 3.99. The summed E-state index contributed by atoms with van der Waals surface area (Å²) in [7, 11) is 0. The number of nitrogens with zero attached hydrogens (tertiary/aromatic N) is 1. The van der Waals surface area contributed by atoms with Crippen LogP contribution < -0.4 is 11.3 Å². The molecule has 1 aliphatic rings. The van der Waals surface area contributed by atoms with E-state index in [9.17, 15) is 9.90 Å². The molecule has 1 unspecified atom stereocenters. The molecule has 1 aromatic carbocycles. The Morgan fingerprint density at radius 3 is 2.55 bits per heavy atom. The summed E-state index contributed by atoms with van der Waals surface area (Å²) in [5, 5.41) is 9.34. The van der Waals surface area contributed by atoms with E-state index in [1.807, 2.05) is 30.3 Å². The summed E-state index contributed by atoms with van der Waals surface area (Å²) in [6.07, 6.45) is 4.50. The van der Waals surface area contributed by atoms with E-state index in [-0.39, 0.29) is 12.5 Å². The van der Waals surface area contributed by atoms with E-state index in [2.05, 4.69) is 10.3 Å². The van der Waals surface area contributed by atoms with Gasteiger partial charge >= 0.3 is 0 Å². The molecule has 0 saturated heterocycles. The van der Waals surface area contributed by atoms with Crippen molar-refractivity contribution in [3.63, 3.8) is 0 Å². The fourth-order valence-corrected chi connectivity index (χ4v) is 3.08. The molecule has 1 fully saturated rings. The van der Waals surface area contributed by atoms with Gasteiger partial charge in [0.1, 0.15) is 6.04 Å². The molecule has 1 atom stereocenters. The third-order valence-electron chi connectivity index (χ3n) is 3.99. The largest absolute Gasteiger partial charge is 0.395 e. The lowest BCUT2D eigenvalue weighted by Crippen LogP contribution is -2.47.